The van der Waals surface area contributed by atoms with E-state index in [0.29, 0.717) is 30.0 Å². The van der Waals surface area contributed by atoms with Gasteiger partial charge in [-0.3, -0.25) is 5.10 Å². The van der Waals surface area contributed by atoms with E-state index in [1.54, 1.807) is 12.3 Å². The molecule has 1 aliphatic rings. The van der Waals surface area contributed by atoms with Crippen LogP contribution in [0.5, 0.6) is 0 Å². The smallest absolute Gasteiger partial charge is 0.243 e. The largest absolute Gasteiger partial charge is 0.356 e. The minimum absolute atomic E-state index is 0.0716. The summed E-state index contributed by atoms with van der Waals surface area (Å²) < 4.78 is 46.0. The summed E-state index contributed by atoms with van der Waals surface area (Å²) in [6.45, 7) is 2.20. The highest BCUT2D eigenvalue weighted by Gasteiger charge is 2.38. The molecule has 1 N–H and O–H groups in total. The van der Waals surface area contributed by atoms with Crippen LogP contribution < -0.4 is 0 Å². The van der Waals surface area contributed by atoms with Gasteiger partial charge in [0.25, 0.3) is 0 Å². The van der Waals surface area contributed by atoms with Crippen molar-refractivity contribution in [2.24, 2.45) is 0 Å². The number of aromatic nitrogens is 3. The molecule has 3 aromatic rings. The third-order valence-corrected chi connectivity index (χ3v) is 6.44. The Hall–Kier alpha value is -2.52. The van der Waals surface area contributed by atoms with E-state index < -0.39 is 21.9 Å². The van der Waals surface area contributed by atoms with Crippen molar-refractivity contribution < 1.29 is 17.3 Å². The molecule has 9 heteroatoms. The summed E-state index contributed by atoms with van der Waals surface area (Å²) in [5.41, 5.74) is 2.09. The van der Waals surface area contributed by atoms with Crippen LogP contribution in [0, 0.1) is 12.7 Å². The first-order chi connectivity index (χ1) is 12.5. The Morgan fingerprint density at radius 2 is 2.08 bits per heavy atom. The lowest BCUT2D eigenvalue weighted by Gasteiger charge is -2.23. The van der Waals surface area contributed by atoms with Gasteiger partial charge in [0.15, 0.2) is 5.76 Å². The van der Waals surface area contributed by atoms with Gasteiger partial charge in [0, 0.05) is 12.6 Å². The number of hydrogen-bond acceptors (Lipinski definition) is 5. The number of halogens is 1. The SMILES string of the molecule is Cc1cc(-c2cn[nH]c2[C@@H]2CCCN2S(=O)(=O)c2ccc(F)cc2)on1. The lowest BCUT2D eigenvalue weighted by Crippen LogP contribution is -2.31. The third kappa shape index (κ3) is 2.82. The normalized spacial score (nSPS) is 18.5. The van der Waals surface area contributed by atoms with E-state index in [1.165, 1.54) is 16.4 Å². The molecule has 1 saturated heterocycles. The molecule has 1 atom stereocenters. The Kier molecular flexibility index (Phi) is 4.12. The fourth-order valence-corrected chi connectivity index (χ4v) is 4.96. The molecule has 0 saturated carbocycles. The number of hydrogen-bond donors (Lipinski definition) is 1. The van der Waals surface area contributed by atoms with E-state index >= 15 is 0 Å². The van der Waals surface area contributed by atoms with Crippen LogP contribution in [0.3, 0.4) is 0 Å². The predicted octanol–water partition coefficient (Wildman–Crippen LogP) is 3.04. The number of H-pyrrole nitrogens is 1. The third-order valence-electron chi connectivity index (χ3n) is 4.52. The van der Waals surface area contributed by atoms with Gasteiger partial charge in [-0.2, -0.15) is 9.40 Å². The summed E-state index contributed by atoms with van der Waals surface area (Å²) in [6.07, 6.45) is 2.98. The zero-order valence-electron chi connectivity index (χ0n) is 14.0. The molecule has 1 aromatic carbocycles. The van der Waals surface area contributed by atoms with Gasteiger partial charge < -0.3 is 4.52 Å². The van der Waals surface area contributed by atoms with E-state index in [9.17, 15) is 12.8 Å². The quantitative estimate of drug-likeness (QED) is 0.756. The second kappa shape index (κ2) is 6.33. The average molecular weight is 376 g/mol. The molecule has 7 nitrogen and oxygen atoms in total. The van der Waals surface area contributed by atoms with Crippen LogP contribution in [0.4, 0.5) is 4.39 Å². The van der Waals surface area contributed by atoms with Gasteiger partial charge >= 0.3 is 0 Å². The fourth-order valence-electron chi connectivity index (χ4n) is 3.30. The Balaban J connectivity index is 1.72. The number of nitrogens with one attached hydrogen (secondary N) is 1. The molecule has 136 valence electrons. The topological polar surface area (TPSA) is 92.1 Å². The number of nitrogens with zero attached hydrogens (tertiary/aromatic N) is 3. The first kappa shape index (κ1) is 16.9. The maximum Gasteiger partial charge on any atom is 0.243 e. The van der Waals surface area contributed by atoms with E-state index in [4.69, 9.17) is 4.52 Å². The Morgan fingerprint density at radius 1 is 1.31 bits per heavy atom. The fraction of sp³-hybridized carbons (Fsp3) is 0.294. The van der Waals surface area contributed by atoms with E-state index in [1.807, 2.05) is 6.92 Å². The summed E-state index contributed by atoms with van der Waals surface area (Å²) in [4.78, 5) is 0.0716. The van der Waals surface area contributed by atoms with Gasteiger partial charge in [-0.15, -0.1) is 0 Å². The van der Waals surface area contributed by atoms with Crippen molar-refractivity contribution in [1.29, 1.82) is 0 Å². The number of rotatable bonds is 4. The monoisotopic (exact) mass is 376 g/mol. The summed E-state index contributed by atoms with van der Waals surface area (Å²) in [7, 11) is -3.75. The lowest BCUT2D eigenvalue weighted by atomic mass is 10.1. The van der Waals surface area contributed by atoms with E-state index in [-0.39, 0.29) is 4.90 Å². The van der Waals surface area contributed by atoms with Crippen molar-refractivity contribution in [2.75, 3.05) is 6.54 Å². The van der Waals surface area contributed by atoms with E-state index in [2.05, 4.69) is 15.4 Å². The van der Waals surface area contributed by atoms with Crippen LogP contribution in [-0.4, -0.2) is 34.6 Å². The van der Waals surface area contributed by atoms with Crippen molar-refractivity contribution in [1.82, 2.24) is 19.7 Å². The Bertz CT molecular complexity index is 1030. The van der Waals surface area contributed by atoms with Gasteiger partial charge in [0.05, 0.1) is 34.1 Å². The van der Waals surface area contributed by atoms with E-state index in [0.717, 1.165) is 24.2 Å². The highest BCUT2D eigenvalue weighted by Crippen LogP contribution is 2.39. The molecule has 0 spiro atoms. The zero-order chi connectivity index (χ0) is 18.3. The molecule has 3 heterocycles. The molecule has 0 aliphatic carbocycles. The van der Waals surface area contributed by atoms with Crippen molar-refractivity contribution in [2.45, 2.75) is 30.7 Å². The minimum Gasteiger partial charge on any atom is -0.356 e. The van der Waals surface area contributed by atoms with Crippen LogP contribution in [-0.2, 0) is 10.0 Å². The molecule has 0 unspecified atom stereocenters. The molecule has 0 bridgehead atoms. The Morgan fingerprint density at radius 3 is 2.77 bits per heavy atom. The van der Waals surface area contributed by atoms with Crippen LogP contribution in [0.2, 0.25) is 0 Å². The van der Waals surface area contributed by atoms with Gasteiger partial charge in [-0.05, 0) is 44.0 Å². The van der Waals surface area contributed by atoms with Crippen molar-refractivity contribution in [3.63, 3.8) is 0 Å². The molecule has 0 radical (unpaired) electrons. The molecular weight excluding hydrogens is 359 g/mol. The molecule has 2 aromatic heterocycles. The number of aryl methyl sites for hydroxylation is 1. The van der Waals surface area contributed by atoms with Gasteiger partial charge in [-0.1, -0.05) is 5.16 Å². The molecule has 26 heavy (non-hydrogen) atoms. The maximum atomic E-state index is 13.2. The van der Waals surface area contributed by atoms with Crippen molar-refractivity contribution in [3.05, 3.63) is 53.7 Å². The summed E-state index contributed by atoms with van der Waals surface area (Å²) in [6, 6.07) is 6.25. The van der Waals surface area contributed by atoms with Crippen LogP contribution in [0.15, 0.2) is 45.9 Å². The zero-order valence-corrected chi connectivity index (χ0v) is 14.8. The molecule has 1 aliphatic heterocycles. The van der Waals surface area contributed by atoms with Crippen molar-refractivity contribution in [3.8, 4) is 11.3 Å². The second-order valence-corrected chi connectivity index (χ2v) is 8.15. The summed E-state index contributed by atoms with van der Waals surface area (Å²) in [5, 5.41) is 10.9. The van der Waals surface area contributed by atoms with Crippen LogP contribution in [0.25, 0.3) is 11.3 Å². The standard InChI is InChI=1S/C17H17FN4O3S/c1-11-9-16(25-21-11)14-10-19-20-17(14)15-3-2-8-22(15)26(23,24)13-6-4-12(18)5-7-13/h4-7,9-10,15H,2-3,8H2,1H3,(H,19,20)/t15-/m0/s1. The van der Waals surface area contributed by atoms with Crippen LogP contribution >= 0.6 is 0 Å². The first-order valence-corrected chi connectivity index (χ1v) is 9.65. The first-order valence-electron chi connectivity index (χ1n) is 8.21. The minimum atomic E-state index is -3.75. The molecule has 4 rings (SSSR count). The number of aromatic amines is 1. The highest BCUT2D eigenvalue weighted by molar-refractivity contribution is 7.89. The van der Waals surface area contributed by atoms with Gasteiger partial charge in [0.1, 0.15) is 5.82 Å². The predicted molar refractivity (Wildman–Crippen MR) is 91.1 cm³/mol. The molecular formula is C17H17FN4O3S. The number of sulfonamides is 1. The Labute approximate surface area is 149 Å². The van der Waals surface area contributed by atoms with Crippen LogP contribution in [0.1, 0.15) is 30.3 Å². The maximum absolute atomic E-state index is 13.2. The lowest BCUT2D eigenvalue weighted by molar-refractivity contribution is 0.388. The van der Waals surface area contributed by atoms with Gasteiger partial charge in [-0.25, -0.2) is 12.8 Å². The molecule has 0 amide bonds. The summed E-state index contributed by atoms with van der Waals surface area (Å²) in [5.74, 6) is 0.0655. The summed E-state index contributed by atoms with van der Waals surface area (Å²) >= 11 is 0. The molecule has 1 fully saturated rings. The average Bonchev–Trinajstić information content (AvgIpc) is 3.34. The van der Waals surface area contributed by atoms with Crippen molar-refractivity contribution >= 4 is 10.0 Å². The highest BCUT2D eigenvalue weighted by atomic mass is 32.2. The number of benzene rings is 1. The second-order valence-electron chi connectivity index (χ2n) is 6.26. The van der Waals surface area contributed by atoms with Gasteiger partial charge in [0.2, 0.25) is 10.0 Å².